The van der Waals surface area contributed by atoms with Crippen molar-refractivity contribution < 1.29 is 24.6 Å². The predicted octanol–water partition coefficient (Wildman–Crippen LogP) is 3.27. The van der Waals surface area contributed by atoms with E-state index in [1.54, 1.807) is 18.7 Å². The van der Waals surface area contributed by atoms with Gasteiger partial charge in [0.05, 0.1) is 10.9 Å². The van der Waals surface area contributed by atoms with Crippen molar-refractivity contribution in [3.63, 3.8) is 0 Å². The Hall–Kier alpha value is -2.55. The van der Waals surface area contributed by atoms with Crippen molar-refractivity contribution in [3.8, 4) is 0 Å². The van der Waals surface area contributed by atoms with E-state index in [2.05, 4.69) is 11.8 Å². The van der Waals surface area contributed by atoms with Crippen LogP contribution in [0.1, 0.15) is 17.7 Å². The summed E-state index contributed by atoms with van der Waals surface area (Å²) in [6.07, 6.45) is 0. The number of aliphatic carboxylic acids is 2. The molecule has 1 amide bonds. The summed E-state index contributed by atoms with van der Waals surface area (Å²) < 4.78 is 0. The van der Waals surface area contributed by atoms with Gasteiger partial charge in [-0.15, -0.1) is 11.8 Å². The molecule has 1 aliphatic heterocycles. The zero-order chi connectivity index (χ0) is 21.3. The van der Waals surface area contributed by atoms with E-state index in [0.717, 1.165) is 15.6 Å². The number of carboxylic acid groups (broad SMARTS) is 2. The molecule has 1 atom stereocenters. The van der Waals surface area contributed by atoms with Crippen LogP contribution in [0.3, 0.4) is 0 Å². The number of nitrogens with two attached hydrogens (primary N) is 1. The lowest BCUT2D eigenvalue weighted by Crippen LogP contribution is -2.34. The SMILES string of the molecule is CC(=O)N1CC(c2ccc(Cl)cc2)Sc2ccccc21.CN.O=C(O)C(=O)O. The Morgan fingerprint density at radius 3 is 2.07 bits per heavy atom. The van der Waals surface area contributed by atoms with E-state index in [0.29, 0.717) is 6.54 Å². The van der Waals surface area contributed by atoms with Crippen LogP contribution in [0.25, 0.3) is 0 Å². The summed E-state index contributed by atoms with van der Waals surface area (Å²) in [6, 6.07) is 15.9. The minimum Gasteiger partial charge on any atom is -0.473 e. The van der Waals surface area contributed by atoms with Crippen LogP contribution in [0, 0.1) is 0 Å². The Morgan fingerprint density at radius 1 is 1.04 bits per heavy atom. The first-order chi connectivity index (χ1) is 13.3. The molecule has 28 heavy (non-hydrogen) atoms. The number of nitrogens with zero attached hydrogens (tertiary/aromatic N) is 1. The normalized spacial score (nSPS) is 14.4. The fourth-order valence-corrected chi connectivity index (χ4v) is 3.79. The second kappa shape index (κ2) is 11.3. The van der Waals surface area contributed by atoms with Crippen LogP contribution in [0.15, 0.2) is 53.4 Å². The fraction of sp³-hybridized carbons (Fsp3) is 0.211. The van der Waals surface area contributed by atoms with Gasteiger partial charge in [0.2, 0.25) is 5.91 Å². The maximum atomic E-state index is 11.9. The number of amides is 1. The molecular weight excluding hydrogens is 404 g/mol. The summed E-state index contributed by atoms with van der Waals surface area (Å²) in [5.74, 6) is -3.57. The van der Waals surface area contributed by atoms with Crippen LogP contribution >= 0.6 is 23.4 Å². The number of anilines is 1. The summed E-state index contributed by atoms with van der Waals surface area (Å²) >= 11 is 7.74. The van der Waals surface area contributed by atoms with Crippen molar-refractivity contribution in [2.75, 3.05) is 18.5 Å². The van der Waals surface area contributed by atoms with Gasteiger partial charge in [0.1, 0.15) is 0 Å². The molecule has 2 aromatic rings. The molecular formula is C19H21ClN2O5S. The quantitative estimate of drug-likeness (QED) is 0.600. The topological polar surface area (TPSA) is 121 Å². The molecule has 1 aliphatic rings. The molecule has 1 heterocycles. The highest BCUT2D eigenvalue weighted by Crippen LogP contribution is 2.45. The minimum atomic E-state index is -1.82. The second-order valence-electron chi connectivity index (χ2n) is 5.37. The van der Waals surface area contributed by atoms with Gasteiger partial charge < -0.3 is 20.8 Å². The predicted molar refractivity (Wildman–Crippen MR) is 110 cm³/mol. The maximum Gasteiger partial charge on any atom is 0.414 e. The number of fused-ring (bicyclic) bond motifs is 1. The standard InChI is InChI=1S/C16H14ClNOS.C2H2O4.CH5N/c1-11(19)18-10-16(12-6-8-13(17)9-7-12)20-15-5-3-2-4-14(15)18;3-1(4)2(5)6;1-2/h2-9,16H,10H2,1H3;(H,3,4)(H,5,6);2H2,1H3. The molecule has 150 valence electrons. The van der Waals surface area contributed by atoms with Crippen molar-refractivity contribution >= 4 is 46.9 Å². The third kappa shape index (κ3) is 6.56. The lowest BCUT2D eigenvalue weighted by Gasteiger charge is -2.33. The molecule has 0 saturated heterocycles. The van der Waals surface area contributed by atoms with Gasteiger partial charge in [-0.2, -0.15) is 0 Å². The Kier molecular flexibility index (Phi) is 9.50. The van der Waals surface area contributed by atoms with E-state index in [1.165, 1.54) is 12.6 Å². The Balaban J connectivity index is 0.000000422. The molecule has 4 N–H and O–H groups in total. The van der Waals surface area contributed by atoms with Crippen LogP contribution in [-0.2, 0) is 14.4 Å². The largest absolute Gasteiger partial charge is 0.473 e. The number of benzene rings is 2. The molecule has 0 saturated carbocycles. The number of rotatable bonds is 1. The van der Waals surface area contributed by atoms with Gasteiger partial charge in [0, 0.05) is 23.4 Å². The highest BCUT2D eigenvalue weighted by Gasteiger charge is 2.28. The summed E-state index contributed by atoms with van der Waals surface area (Å²) in [7, 11) is 1.50. The van der Waals surface area contributed by atoms with Crippen LogP contribution in [0.5, 0.6) is 0 Å². The van der Waals surface area contributed by atoms with E-state index in [-0.39, 0.29) is 11.2 Å². The highest BCUT2D eigenvalue weighted by atomic mass is 35.5. The van der Waals surface area contributed by atoms with Crippen LogP contribution in [-0.4, -0.2) is 41.7 Å². The van der Waals surface area contributed by atoms with Gasteiger partial charge in [0.25, 0.3) is 0 Å². The number of carbonyl (C=O) groups is 3. The Morgan fingerprint density at radius 2 is 1.57 bits per heavy atom. The lowest BCUT2D eigenvalue weighted by molar-refractivity contribution is -0.159. The first-order valence-corrected chi connectivity index (χ1v) is 9.38. The van der Waals surface area contributed by atoms with Crippen molar-refractivity contribution in [2.45, 2.75) is 17.1 Å². The number of carbonyl (C=O) groups excluding carboxylic acids is 1. The molecule has 0 aliphatic carbocycles. The van der Waals surface area contributed by atoms with Crippen LogP contribution in [0.4, 0.5) is 5.69 Å². The van der Waals surface area contributed by atoms with E-state index in [1.807, 2.05) is 47.4 Å². The zero-order valence-electron chi connectivity index (χ0n) is 15.3. The number of hydrogen-bond acceptors (Lipinski definition) is 5. The molecule has 0 spiro atoms. The van der Waals surface area contributed by atoms with Crippen molar-refractivity contribution in [3.05, 3.63) is 59.1 Å². The smallest absolute Gasteiger partial charge is 0.414 e. The van der Waals surface area contributed by atoms with Crippen LogP contribution < -0.4 is 10.6 Å². The molecule has 1 unspecified atom stereocenters. The highest BCUT2D eigenvalue weighted by molar-refractivity contribution is 7.99. The average molecular weight is 425 g/mol. The second-order valence-corrected chi connectivity index (χ2v) is 7.05. The Bertz CT molecular complexity index is 817. The van der Waals surface area contributed by atoms with Crippen molar-refractivity contribution in [1.29, 1.82) is 0 Å². The molecule has 0 aromatic heterocycles. The third-order valence-corrected chi connectivity index (χ3v) is 5.14. The monoisotopic (exact) mass is 424 g/mol. The first kappa shape index (κ1) is 23.5. The molecule has 0 radical (unpaired) electrons. The third-order valence-electron chi connectivity index (χ3n) is 3.58. The summed E-state index contributed by atoms with van der Waals surface area (Å²) in [5, 5.41) is 15.8. The Labute approximate surface area is 172 Å². The maximum absolute atomic E-state index is 11.9. The molecule has 9 heteroatoms. The molecule has 3 rings (SSSR count). The lowest BCUT2D eigenvalue weighted by atomic mass is 10.1. The summed E-state index contributed by atoms with van der Waals surface area (Å²) in [6.45, 7) is 2.31. The van der Waals surface area contributed by atoms with E-state index < -0.39 is 11.9 Å². The van der Waals surface area contributed by atoms with Gasteiger partial charge in [-0.3, -0.25) is 4.79 Å². The van der Waals surface area contributed by atoms with Crippen molar-refractivity contribution in [1.82, 2.24) is 0 Å². The number of carboxylic acids is 2. The van der Waals surface area contributed by atoms with E-state index in [4.69, 9.17) is 31.4 Å². The molecule has 0 fully saturated rings. The average Bonchev–Trinajstić information content (AvgIpc) is 2.69. The molecule has 7 nitrogen and oxygen atoms in total. The number of hydrogen-bond donors (Lipinski definition) is 3. The molecule has 0 bridgehead atoms. The van der Waals surface area contributed by atoms with Gasteiger partial charge in [-0.05, 0) is 36.9 Å². The summed E-state index contributed by atoms with van der Waals surface area (Å²) in [4.78, 5) is 33.1. The number of halogens is 1. The van der Waals surface area contributed by atoms with E-state index in [9.17, 15) is 4.79 Å². The number of para-hydroxylation sites is 1. The number of thioether (sulfide) groups is 1. The molecule has 2 aromatic carbocycles. The van der Waals surface area contributed by atoms with Gasteiger partial charge in [-0.1, -0.05) is 35.9 Å². The van der Waals surface area contributed by atoms with Crippen molar-refractivity contribution in [2.24, 2.45) is 5.73 Å². The fourth-order valence-electron chi connectivity index (χ4n) is 2.38. The van der Waals surface area contributed by atoms with Crippen LogP contribution in [0.2, 0.25) is 5.02 Å². The summed E-state index contributed by atoms with van der Waals surface area (Å²) in [5.41, 5.74) is 6.70. The minimum absolute atomic E-state index is 0.0803. The van der Waals surface area contributed by atoms with E-state index >= 15 is 0 Å². The zero-order valence-corrected chi connectivity index (χ0v) is 16.9. The van der Waals surface area contributed by atoms with Gasteiger partial charge in [-0.25, -0.2) is 9.59 Å². The van der Waals surface area contributed by atoms with Gasteiger partial charge >= 0.3 is 11.9 Å². The van der Waals surface area contributed by atoms with Gasteiger partial charge in [0.15, 0.2) is 0 Å². The first-order valence-electron chi connectivity index (χ1n) is 8.12.